The number of hydrogen-bond donors (Lipinski definition) is 1. The van der Waals surface area contributed by atoms with Gasteiger partial charge in [-0.05, 0) is 18.2 Å². The first kappa shape index (κ1) is 12.5. The maximum absolute atomic E-state index is 13.0. The molecule has 0 fully saturated rings. The Morgan fingerprint density at radius 2 is 2.15 bits per heavy atom. The number of halogens is 2. The molecule has 0 aromatic carbocycles. The van der Waals surface area contributed by atoms with E-state index in [4.69, 9.17) is 0 Å². The highest BCUT2D eigenvalue weighted by molar-refractivity contribution is 5.78. The summed E-state index contributed by atoms with van der Waals surface area (Å²) >= 11 is 0. The summed E-state index contributed by atoms with van der Waals surface area (Å²) in [5.74, 6) is -0.403. The lowest BCUT2D eigenvalue weighted by molar-refractivity contribution is 0.427. The molecule has 0 saturated heterocycles. The Labute approximate surface area is 114 Å². The van der Waals surface area contributed by atoms with E-state index in [1.165, 1.54) is 10.7 Å². The first-order valence-electron chi connectivity index (χ1n) is 6.16. The fourth-order valence-corrected chi connectivity index (χ4v) is 2.03. The summed E-state index contributed by atoms with van der Waals surface area (Å²) in [5.41, 5.74) is 2.92. The molecule has 0 saturated carbocycles. The van der Waals surface area contributed by atoms with E-state index >= 15 is 0 Å². The van der Waals surface area contributed by atoms with Gasteiger partial charge in [-0.15, -0.1) is 0 Å². The molecule has 0 aliphatic rings. The summed E-state index contributed by atoms with van der Waals surface area (Å²) in [6, 6.07) is 4.79. The standard InChI is InChI=1S/C14H12F2N4/c15-4-6-20-9-12(10-3-5-17-7-10)14(19-20)13-2-1-11(16)8-18-13/h1-3,5,7-9,17H,4,6H2. The number of aromatic amines is 1. The summed E-state index contributed by atoms with van der Waals surface area (Å²) < 4.78 is 27.0. The van der Waals surface area contributed by atoms with Crippen molar-refractivity contribution in [2.75, 3.05) is 6.67 Å². The van der Waals surface area contributed by atoms with Gasteiger partial charge in [-0.25, -0.2) is 8.78 Å². The van der Waals surface area contributed by atoms with Crippen molar-refractivity contribution in [2.24, 2.45) is 0 Å². The summed E-state index contributed by atoms with van der Waals surface area (Å²) in [4.78, 5) is 7.00. The first-order chi connectivity index (χ1) is 9.78. The van der Waals surface area contributed by atoms with Crippen LogP contribution in [-0.4, -0.2) is 26.4 Å². The van der Waals surface area contributed by atoms with Crippen LogP contribution in [0.25, 0.3) is 22.5 Å². The Morgan fingerprint density at radius 3 is 2.80 bits per heavy atom. The maximum Gasteiger partial charge on any atom is 0.141 e. The van der Waals surface area contributed by atoms with E-state index in [2.05, 4.69) is 15.1 Å². The molecule has 1 N–H and O–H groups in total. The molecule has 3 heterocycles. The van der Waals surface area contributed by atoms with Crippen LogP contribution in [0.3, 0.4) is 0 Å². The zero-order valence-corrected chi connectivity index (χ0v) is 10.6. The van der Waals surface area contributed by atoms with Gasteiger partial charge < -0.3 is 4.98 Å². The van der Waals surface area contributed by atoms with Crippen LogP contribution in [-0.2, 0) is 6.54 Å². The predicted octanol–water partition coefficient (Wildman–Crippen LogP) is 3.05. The maximum atomic E-state index is 13.0. The highest BCUT2D eigenvalue weighted by atomic mass is 19.1. The zero-order valence-electron chi connectivity index (χ0n) is 10.6. The Balaban J connectivity index is 2.10. The van der Waals surface area contributed by atoms with Crippen LogP contribution in [0.15, 0.2) is 43.0 Å². The van der Waals surface area contributed by atoms with Crippen molar-refractivity contribution in [3.63, 3.8) is 0 Å². The largest absolute Gasteiger partial charge is 0.367 e. The normalized spacial score (nSPS) is 10.9. The van der Waals surface area contributed by atoms with Crippen molar-refractivity contribution >= 4 is 0 Å². The van der Waals surface area contributed by atoms with E-state index in [9.17, 15) is 8.78 Å². The van der Waals surface area contributed by atoms with Crippen molar-refractivity contribution < 1.29 is 8.78 Å². The van der Waals surface area contributed by atoms with Crippen molar-refractivity contribution in [1.82, 2.24) is 19.7 Å². The molecule has 0 aliphatic carbocycles. The van der Waals surface area contributed by atoms with E-state index in [-0.39, 0.29) is 6.54 Å². The molecule has 0 aliphatic heterocycles. The van der Waals surface area contributed by atoms with Gasteiger partial charge in [0.05, 0.1) is 18.4 Å². The molecule has 3 rings (SSSR count). The van der Waals surface area contributed by atoms with E-state index in [0.717, 1.165) is 17.3 Å². The van der Waals surface area contributed by atoms with E-state index in [1.807, 2.05) is 12.3 Å². The predicted molar refractivity (Wildman–Crippen MR) is 71.2 cm³/mol. The molecule has 3 aromatic heterocycles. The van der Waals surface area contributed by atoms with Crippen LogP contribution in [0.4, 0.5) is 8.78 Å². The Kier molecular flexibility index (Phi) is 3.28. The lowest BCUT2D eigenvalue weighted by Gasteiger charge is -1.99. The number of hydrogen-bond acceptors (Lipinski definition) is 2. The van der Waals surface area contributed by atoms with Crippen LogP contribution < -0.4 is 0 Å². The number of alkyl halides is 1. The van der Waals surface area contributed by atoms with Crippen LogP contribution in [0.1, 0.15) is 0 Å². The molecule has 0 radical (unpaired) electrons. The second-order valence-corrected chi connectivity index (χ2v) is 4.30. The minimum Gasteiger partial charge on any atom is -0.367 e. The van der Waals surface area contributed by atoms with Gasteiger partial charge in [-0.2, -0.15) is 5.10 Å². The molecule has 0 amide bonds. The number of rotatable bonds is 4. The van der Waals surface area contributed by atoms with Crippen LogP contribution >= 0.6 is 0 Å². The van der Waals surface area contributed by atoms with E-state index in [0.29, 0.717) is 11.4 Å². The Morgan fingerprint density at radius 1 is 1.25 bits per heavy atom. The third kappa shape index (κ3) is 2.32. The second-order valence-electron chi connectivity index (χ2n) is 4.30. The van der Waals surface area contributed by atoms with Crippen molar-refractivity contribution in [1.29, 1.82) is 0 Å². The SMILES string of the molecule is FCCn1cc(-c2cc[nH]c2)c(-c2ccc(F)cn2)n1. The molecule has 0 bridgehead atoms. The lowest BCUT2D eigenvalue weighted by atomic mass is 10.1. The van der Waals surface area contributed by atoms with Gasteiger partial charge in [0.15, 0.2) is 0 Å². The monoisotopic (exact) mass is 274 g/mol. The van der Waals surface area contributed by atoms with Crippen LogP contribution in [0.5, 0.6) is 0 Å². The summed E-state index contributed by atoms with van der Waals surface area (Å²) in [6.45, 7) is -0.316. The smallest absolute Gasteiger partial charge is 0.141 e. The number of nitrogens with one attached hydrogen (secondary N) is 1. The van der Waals surface area contributed by atoms with Crippen molar-refractivity contribution in [2.45, 2.75) is 6.54 Å². The molecule has 0 atom stereocenters. The minimum atomic E-state index is -0.495. The molecule has 6 heteroatoms. The molecule has 0 spiro atoms. The molecule has 3 aromatic rings. The molecule has 102 valence electrons. The van der Waals surface area contributed by atoms with E-state index in [1.54, 1.807) is 18.5 Å². The topological polar surface area (TPSA) is 46.5 Å². The van der Waals surface area contributed by atoms with Crippen LogP contribution in [0.2, 0.25) is 0 Å². The van der Waals surface area contributed by atoms with Crippen molar-refractivity contribution in [3.8, 4) is 22.5 Å². The highest BCUT2D eigenvalue weighted by Crippen LogP contribution is 2.29. The average molecular weight is 274 g/mol. The van der Waals surface area contributed by atoms with Gasteiger partial charge in [0, 0.05) is 29.7 Å². The number of nitrogens with zero attached hydrogens (tertiary/aromatic N) is 3. The molecular formula is C14H12F2N4. The van der Waals surface area contributed by atoms with Gasteiger partial charge in [-0.1, -0.05) is 0 Å². The average Bonchev–Trinajstić information content (AvgIpc) is 3.08. The van der Waals surface area contributed by atoms with Gasteiger partial charge in [0.1, 0.15) is 18.2 Å². The third-order valence-electron chi connectivity index (χ3n) is 2.95. The molecule has 0 unspecified atom stereocenters. The number of pyridine rings is 1. The Bertz CT molecular complexity index is 687. The number of H-pyrrole nitrogens is 1. The lowest BCUT2D eigenvalue weighted by Crippen LogP contribution is -2.00. The Hall–Kier alpha value is -2.50. The number of aryl methyl sites for hydroxylation is 1. The number of aromatic nitrogens is 4. The second kappa shape index (κ2) is 5.24. The highest BCUT2D eigenvalue weighted by Gasteiger charge is 2.14. The first-order valence-corrected chi connectivity index (χ1v) is 6.16. The molecule has 20 heavy (non-hydrogen) atoms. The zero-order chi connectivity index (χ0) is 13.9. The fraction of sp³-hybridized carbons (Fsp3) is 0.143. The van der Waals surface area contributed by atoms with Gasteiger partial charge in [0.2, 0.25) is 0 Å². The third-order valence-corrected chi connectivity index (χ3v) is 2.95. The van der Waals surface area contributed by atoms with E-state index < -0.39 is 12.5 Å². The van der Waals surface area contributed by atoms with Gasteiger partial charge in [-0.3, -0.25) is 9.67 Å². The molecule has 4 nitrogen and oxygen atoms in total. The van der Waals surface area contributed by atoms with Crippen molar-refractivity contribution in [3.05, 3.63) is 48.8 Å². The fourth-order valence-electron chi connectivity index (χ4n) is 2.03. The van der Waals surface area contributed by atoms with Gasteiger partial charge in [0.25, 0.3) is 0 Å². The summed E-state index contributed by atoms with van der Waals surface area (Å²) in [6.07, 6.45) is 6.53. The van der Waals surface area contributed by atoms with Crippen LogP contribution in [0, 0.1) is 5.82 Å². The van der Waals surface area contributed by atoms with Gasteiger partial charge >= 0.3 is 0 Å². The quantitative estimate of drug-likeness (QED) is 0.794. The summed E-state index contributed by atoms with van der Waals surface area (Å²) in [5, 5.41) is 4.33. The summed E-state index contributed by atoms with van der Waals surface area (Å²) in [7, 11) is 0. The molecular weight excluding hydrogens is 262 g/mol. The minimum absolute atomic E-state index is 0.179.